The molecule has 0 spiro atoms. The minimum Gasteiger partial charge on any atom is -0.490 e. The molecule has 8 heteroatoms. The molecule has 1 aromatic heterocycles. The van der Waals surface area contributed by atoms with Gasteiger partial charge < -0.3 is 19.5 Å². The number of carbonyl (C=O) groups is 2. The number of fused-ring (bicyclic) bond motifs is 1. The maximum atomic E-state index is 11.9. The van der Waals surface area contributed by atoms with Crippen LogP contribution in [-0.4, -0.2) is 57.1 Å². The lowest BCUT2D eigenvalue weighted by atomic mass is 10.1. The average Bonchev–Trinajstić information content (AvgIpc) is 3.02. The second-order valence-electron chi connectivity index (χ2n) is 6.97. The van der Waals surface area contributed by atoms with E-state index in [4.69, 9.17) is 14.6 Å². The third-order valence-corrected chi connectivity index (χ3v) is 4.49. The van der Waals surface area contributed by atoms with Crippen LogP contribution in [0.5, 0.6) is 5.75 Å². The highest BCUT2D eigenvalue weighted by atomic mass is 16.6. The molecule has 1 amide bonds. The highest BCUT2D eigenvalue weighted by molar-refractivity contribution is 5.80. The number of aryl methyl sites for hydroxylation is 1. The Morgan fingerprint density at radius 3 is 2.70 bits per heavy atom. The first-order chi connectivity index (χ1) is 12.9. The summed E-state index contributed by atoms with van der Waals surface area (Å²) in [6, 6.07) is 5.69. The Labute approximate surface area is 157 Å². The van der Waals surface area contributed by atoms with E-state index in [1.165, 1.54) is 0 Å². The summed E-state index contributed by atoms with van der Waals surface area (Å²) in [5.41, 5.74) is 0.884. The number of carboxylic acids is 1. The molecule has 3 rings (SSSR count). The molecule has 1 fully saturated rings. The lowest BCUT2D eigenvalue weighted by molar-refractivity contribution is -0.137. The molecule has 27 heavy (non-hydrogen) atoms. The molecule has 1 saturated heterocycles. The number of likely N-dealkylation sites (tertiary alicyclic amines) is 1. The van der Waals surface area contributed by atoms with Gasteiger partial charge in [0.05, 0.1) is 30.8 Å². The number of ether oxygens (including phenoxy) is 2. The molecule has 2 aromatic rings. The third-order valence-electron chi connectivity index (χ3n) is 4.49. The van der Waals surface area contributed by atoms with Crippen LogP contribution in [0.2, 0.25) is 0 Å². The van der Waals surface area contributed by atoms with Crippen LogP contribution in [0, 0.1) is 0 Å². The number of aliphatic carboxylic acids is 1. The quantitative estimate of drug-likeness (QED) is 0.834. The second kappa shape index (κ2) is 8.28. The standard InChI is InChI=1S/C19H25N3O5/c1-13(2)26-19(25)21-8-5-15(6-9-21)27-16-3-4-17-14(11-16)12-20-22(17)10-7-18(23)24/h3-4,11-13,15H,5-10H2,1-2H3,(H,23,24). The smallest absolute Gasteiger partial charge is 0.410 e. The van der Waals surface area contributed by atoms with E-state index in [0.717, 1.165) is 29.5 Å². The highest BCUT2D eigenvalue weighted by Gasteiger charge is 2.25. The number of amides is 1. The first kappa shape index (κ1) is 19.0. The van der Waals surface area contributed by atoms with Crippen LogP contribution >= 0.6 is 0 Å². The topological polar surface area (TPSA) is 93.9 Å². The Hall–Kier alpha value is -2.77. The van der Waals surface area contributed by atoms with Gasteiger partial charge in [-0.3, -0.25) is 9.48 Å². The third kappa shape index (κ3) is 4.90. The largest absolute Gasteiger partial charge is 0.490 e. The van der Waals surface area contributed by atoms with Gasteiger partial charge in [0.2, 0.25) is 0 Å². The molecule has 0 unspecified atom stereocenters. The molecule has 1 aliphatic rings. The normalized spacial score (nSPS) is 15.3. The Morgan fingerprint density at radius 2 is 2.04 bits per heavy atom. The summed E-state index contributed by atoms with van der Waals surface area (Å²) in [4.78, 5) is 24.4. The fourth-order valence-corrected chi connectivity index (χ4v) is 3.14. The Bertz CT molecular complexity index is 809. The van der Waals surface area contributed by atoms with E-state index in [-0.39, 0.29) is 24.7 Å². The zero-order valence-electron chi connectivity index (χ0n) is 15.6. The van der Waals surface area contributed by atoms with Gasteiger partial charge in [0.1, 0.15) is 11.9 Å². The molecule has 0 bridgehead atoms. The van der Waals surface area contributed by atoms with Gasteiger partial charge in [0.15, 0.2) is 0 Å². The van der Waals surface area contributed by atoms with Crippen molar-refractivity contribution >= 4 is 23.0 Å². The highest BCUT2D eigenvalue weighted by Crippen LogP contribution is 2.24. The van der Waals surface area contributed by atoms with Crippen LogP contribution in [0.3, 0.4) is 0 Å². The molecule has 0 radical (unpaired) electrons. The summed E-state index contributed by atoms with van der Waals surface area (Å²) >= 11 is 0. The zero-order valence-corrected chi connectivity index (χ0v) is 15.6. The van der Waals surface area contributed by atoms with Crippen LogP contribution in [-0.2, 0) is 16.1 Å². The summed E-state index contributed by atoms with van der Waals surface area (Å²) in [7, 11) is 0. The Morgan fingerprint density at radius 1 is 1.30 bits per heavy atom. The van der Waals surface area contributed by atoms with Gasteiger partial charge >= 0.3 is 12.1 Å². The van der Waals surface area contributed by atoms with Crippen molar-refractivity contribution in [3.8, 4) is 5.75 Å². The molecule has 0 aliphatic carbocycles. The number of hydrogen-bond donors (Lipinski definition) is 1. The molecule has 0 saturated carbocycles. The van der Waals surface area contributed by atoms with Crippen molar-refractivity contribution in [3.05, 3.63) is 24.4 Å². The predicted octanol–water partition coefficient (Wildman–Crippen LogP) is 2.90. The number of piperidine rings is 1. The van der Waals surface area contributed by atoms with E-state index in [1.807, 2.05) is 32.0 Å². The lowest BCUT2D eigenvalue weighted by Gasteiger charge is -2.32. The fraction of sp³-hybridized carbons (Fsp3) is 0.526. The van der Waals surface area contributed by atoms with Gasteiger partial charge in [-0.2, -0.15) is 5.10 Å². The van der Waals surface area contributed by atoms with E-state index < -0.39 is 5.97 Å². The maximum absolute atomic E-state index is 11.9. The summed E-state index contributed by atoms with van der Waals surface area (Å²) in [6.45, 7) is 5.25. The Kier molecular flexibility index (Phi) is 5.83. The Balaban J connectivity index is 1.56. The van der Waals surface area contributed by atoms with E-state index in [0.29, 0.717) is 19.6 Å². The molecule has 1 aromatic carbocycles. The average molecular weight is 375 g/mol. The number of aromatic nitrogens is 2. The number of rotatable bonds is 6. The fourth-order valence-electron chi connectivity index (χ4n) is 3.14. The van der Waals surface area contributed by atoms with Crippen molar-refractivity contribution in [3.63, 3.8) is 0 Å². The molecule has 146 valence electrons. The number of hydrogen-bond acceptors (Lipinski definition) is 5. The van der Waals surface area contributed by atoms with Crippen LogP contribution in [0.15, 0.2) is 24.4 Å². The van der Waals surface area contributed by atoms with Gasteiger partial charge in [-0.25, -0.2) is 4.79 Å². The van der Waals surface area contributed by atoms with E-state index in [1.54, 1.807) is 15.8 Å². The maximum Gasteiger partial charge on any atom is 0.410 e. The first-order valence-corrected chi connectivity index (χ1v) is 9.22. The van der Waals surface area contributed by atoms with Crippen molar-refractivity contribution in [2.45, 2.75) is 51.9 Å². The summed E-state index contributed by atoms with van der Waals surface area (Å²) in [5, 5.41) is 14.0. The summed E-state index contributed by atoms with van der Waals surface area (Å²) < 4.78 is 13.0. The first-order valence-electron chi connectivity index (χ1n) is 9.22. The zero-order chi connectivity index (χ0) is 19.4. The van der Waals surface area contributed by atoms with Crippen LogP contribution in [0.25, 0.3) is 10.9 Å². The van der Waals surface area contributed by atoms with E-state index in [9.17, 15) is 9.59 Å². The molecular formula is C19H25N3O5. The molecule has 1 aliphatic heterocycles. The van der Waals surface area contributed by atoms with Crippen molar-refractivity contribution in [2.75, 3.05) is 13.1 Å². The minimum atomic E-state index is -0.845. The molecular weight excluding hydrogens is 350 g/mol. The predicted molar refractivity (Wildman–Crippen MR) is 98.8 cm³/mol. The summed E-state index contributed by atoms with van der Waals surface area (Å²) in [6.07, 6.45) is 2.93. The van der Waals surface area contributed by atoms with Gasteiger partial charge in [0, 0.05) is 31.3 Å². The lowest BCUT2D eigenvalue weighted by Crippen LogP contribution is -2.42. The molecule has 8 nitrogen and oxygen atoms in total. The molecule has 0 atom stereocenters. The van der Waals surface area contributed by atoms with Gasteiger partial charge in [-0.1, -0.05) is 0 Å². The number of carbonyl (C=O) groups excluding carboxylic acids is 1. The molecule has 2 heterocycles. The van der Waals surface area contributed by atoms with Crippen molar-refractivity contribution in [2.24, 2.45) is 0 Å². The second-order valence-corrected chi connectivity index (χ2v) is 6.97. The van der Waals surface area contributed by atoms with Crippen molar-refractivity contribution in [1.29, 1.82) is 0 Å². The number of nitrogens with zero attached hydrogens (tertiary/aromatic N) is 3. The van der Waals surface area contributed by atoms with Gasteiger partial charge in [-0.05, 0) is 32.0 Å². The van der Waals surface area contributed by atoms with E-state index >= 15 is 0 Å². The monoisotopic (exact) mass is 375 g/mol. The molecule has 1 N–H and O–H groups in total. The number of benzene rings is 1. The van der Waals surface area contributed by atoms with Crippen LogP contribution in [0.4, 0.5) is 4.79 Å². The van der Waals surface area contributed by atoms with E-state index in [2.05, 4.69) is 5.10 Å². The van der Waals surface area contributed by atoms with Gasteiger partial charge in [-0.15, -0.1) is 0 Å². The van der Waals surface area contributed by atoms with Crippen molar-refractivity contribution < 1.29 is 24.2 Å². The van der Waals surface area contributed by atoms with Crippen LogP contribution < -0.4 is 4.74 Å². The van der Waals surface area contributed by atoms with Gasteiger partial charge in [0.25, 0.3) is 0 Å². The van der Waals surface area contributed by atoms with Crippen molar-refractivity contribution in [1.82, 2.24) is 14.7 Å². The SMILES string of the molecule is CC(C)OC(=O)N1CCC(Oc2ccc3c(cnn3CCC(=O)O)c2)CC1. The van der Waals surface area contributed by atoms with Crippen LogP contribution in [0.1, 0.15) is 33.1 Å². The minimum absolute atomic E-state index is 0.0346. The summed E-state index contributed by atoms with van der Waals surface area (Å²) in [5.74, 6) is -0.0919. The number of carboxylic acid groups (broad SMARTS) is 1.